The average Bonchev–Trinajstić information content (AvgIpc) is 3.42. The number of carbonyl (C=O) groups excluding carboxylic acids is 1. The van der Waals surface area contributed by atoms with Crippen molar-refractivity contribution in [2.24, 2.45) is 0 Å². The van der Waals surface area contributed by atoms with Gasteiger partial charge in [0, 0.05) is 17.4 Å². The lowest BCUT2D eigenvalue weighted by atomic mass is 10.0. The summed E-state index contributed by atoms with van der Waals surface area (Å²) < 4.78 is 1.82. The lowest BCUT2D eigenvalue weighted by Crippen LogP contribution is -2.12. The first-order valence-electron chi connectivity index (χ1n) is 13.9. The average molecular weight is 497 g/mol. The Balaban J connectivity index is 1.22. The summed E-state index contributed by atoms with van der Waals surface area (Å²) in [5.41, 5.74) is 3.33. The van der Waals surface area contributed by atoms with Crippen LogP contribution in [0.2, 0.25) is 0 Å². The molecule has 0 bridgehead atoms. The summed E-state index contributed by atoms with van der Waals surface area (Å²) in [6, 6.07) is 8.37. The summed E-state index contributed by atoms with van der Waals surface area (Å²) >= 11 is 1.54. The number of fused-ring (bicyclic) bond motifs is 1. The van der Waals surface area contributed by atoms with Crippen LogP contribution in [0, 0.1) is 6.92 Å². The van der Waals surface area contributed by atoms with Crippen LogP contribution in [0.15, 0.2) is 29.6 Å². The highest BCUT2D eigenvalue weighted by molar-refractivity contribution is 7.15. The number of amides is 1. The van der Waals surface area contributed by atoms with Crippen molar-refractivity contribution >= 4 is 28.2 Å². The number of nitrogens with zero attached hydrogens (tertiary/aromatic N) is 3. The van der Waals surface area contributed by atoms with Crippen LogP contribution < -0.4 is 5.32 Å². The maximum absolute atomic E-state index is 12.3. The lowest BCUT2D eigenvalue weighted by Gasteiger charge is -2.04. The molecule has 6 heteroatoms. The maximum Gasteiger partial charge on any atom is 0.250 e. The van der Waals surface area contributed by atoms with Crippen LogP contribution in [0.25, 0.3) is 16.2 Å². The van der Waals surface area contributed by atoms with Gasteiger partial charge in [0.15, 0.2) is 0 Å². The predicted octanol–water partition coefficient (Wildman–Crippen LogP) is 8.97. The number of aromatic nitrogens is 3. The van der Waals surface area contributed by atoms with Crippen molar-refractivity contribution in [2.45, 2.75) is 117 Å². The molecule has 0 saturated carbocycles. The number of anilines is 1. The zero-order valence-corrected chi connectivity index (χ0v) is 22.7. The molecule has 0 aliphatic carbocycles. The molecule has 0 fully saturated rings. The van der Waals surface area contributed by atoms with Crippen molar-refractivity contribution in [3.63, 3.8) is 0 Å². The fraction of sp³-hybridized carbons (Fsp3) is 0.621. The highest BCUT2D eigenvalue weighted by atomic mass is 32.1. The van der Waals surface area contributed by atoms with Crippen molar-refractivity contribution < 1.29 is 4.79 Å². The van der Waals surface area contributed by atoms with Crippen LogP contribution in [-0.4, -0.2) is 20.5 Å². The van der Waals surface area contributed by atoms with E-state index in [0.717, 1.165) is 29.1 Å². The molecule has 0 saturated heterocycles. The number of nitrogens with one attached hydrogen (secondary N) is 1. The monoisotopic (exact) mass is 496 g/mol. The molecule has 0 radical (unpaired) electrons. The van der Waals surface area contributed by atoms with Crippen molar-refractivity contribution in [1.82, 2.24) is 14.6 Å². The molecule has 1 N–H and O–H groups in total. The van der Waals surface area contributed by atoms with Gasteiger partial charge in [0.25, 0.3) is 0 Å². The summed E-state index contributed by atoms with van der Waals surface area (Å²) in [7, 11) is 0. The minimum absolute atomic E-state index is 0.00910. The molecule has 1 aromatic carbocycles. The molecular weight excluding hydrogens is 452 g/mol. The number of carbonyl (C=O) groups is 1. The standard InChI is InChI=1S/C29H44N4OS/c1-3-4-5-6-7-8-9-10-11-12-13-14-15-16-17-18-27(34)30-28-31-29-33(32-28)26(23-35-29)25-21-19-24(2)20-22-25/h19-23H,3-18H2,1-2H3,(H,30,32,34). The van der Waals surface area contributed by atoms with E-state index in [2.05, 4.69) is 58.9 Å². The quantitative estimate of drug-likeness (QED) is 0.179. The Kier molecular flexibility index (Phi) is 12.3. The minimum Gasteiger partial charge on any atom is -0.293 e. The zero-order valence-electron chi connectivity index (χ0n) is 21.9. The van der Waals surface area contributed by atoms with Gasteiger partial charge in [-0.2, -0.15) is 4.98 Å². The van der Waals surface area contributed by atoms with Gasteiger partial charge in [0.05, 0.1) is 5.69 Å². The Hall–Kier alpha value is -2.21. The van der Waals surface area contributed by atoms with Gasteiger partial charge < -0.3 is 0 Å². The van der Waals surface area contributed by atoms with E-state index in [9.17, 15) is 4.79 Å². The normalized spacial score (nSPS) is 11.4. The number of benzene rings is 1. The van der Waals surface area contributed by atoms with Crippen molar-refractivity contribution in [2.75, 3.05) is 5.32 Å². The van der Waals surface area contributed by atoms with E-state index in [1.165, 1.54) is 100 Å². The number of hydrogen-bond acceptors (Lipinski definition) is 4. The second-order valence-electron chi connectivity index (χ2n) is 9.86. The summed E-state index contributed by atoms with van der Waals surface area (Å²) in [5.74, 6) is 0.408. The fourth-order valence-corrected chi connectivity index (χ4v) is 5.33. The van der Waals surface area contributed by atoms with Crippen molar-refractivity contribution in [3.05, 3.63) is 35.2 Å². The first-order chi connectivity index (χ1) is 17.2. The first kappa shape index (κ1) is 27.4. The van der Waals surface area contributed by atoms with Crippen LogP contribution in [0.5, 0.6) is 0 Å². The number of unbranched alkanes of at least 4 members (excludes halogenated alkanes) is 14. The summed E-state index contributed by atoms with van der Waals surface area (Å²) in [6.07, 6.45) is 20.5. The minimum atomic E-state index is 0.00910. The van der Waals surface area contributed by atoms with Crippen molar-refractivity contribution in [3.8, 4) is 11.3 Å². The highest BCUT2D eigenvalue weighted by Crippen LogP contribution is 2.26. The Morgan fingerprint density at radius 2 is 1.37 bits per heavy atom. The summed E-state index contributed by atoms with van der Waals surface area (Å²) in [6.45, 7) is 4.36. The Morgan fingerprint density at radius 3 is 1.94 bits per heavy atom. The maximum atomic E-state index is 12.3. The topological polar surface area (TPSA) is 59.3 Å². The third-order valence-electron chi connectivity index (χ3n) is 6.69. The van der Waals surface area contributed by atoms with Crippen LogP contribution in [0.4, 0.5) is 5.95 Å². The van der Waals surface area contributed by atoms with E-state index in [4.69, 9.17) is 0 Å². The van der Waals surface area contributed by atoms with Crippen LogP contribution in [0.3, 0.4) is 0 Å². The molecular formula is C29H44N4OS. The number of rotatable bonds is 18. The van der Waals surface area contributed by atoms with Gasteiger partial charge in [-0.3, -0.25) is 10.1 Å². The SMILES string of the molecule is CCCCCCCCCCCCCCCCCC(=O)Nc1nc2scc(-c3ccc(C)cc3)n2n1. The number of hydrogen-bond donors (Lipinski definition) is 1. The molecule has 3 rings (SSSR count). The van der Waals surface area contributed by atoms with Crippen molar-refractivity contribution in [1.29, 1.82) is 0 Å². The molecule has 0 aliphatic heterocycles. The van der Waals surface area contributed by atoms with Gasteiger partial charge in [0.2, 0.25) is 16.8 Å². The van der Waals surface area contributed by atoms with E-state index in [1.54, 1.807) is 0 Å². The second-order valence-corrected chi connectivity index (χ2v) is 10.7. The molecule has 1 amide bonds. The van der Waals surface area contributed by atoms with Crippen LogP contribution in [-0.2, 0) is 4.79 Å². The first-order valence-corrected chi connectivity index (χ1v) is 14.8. The summed E-state index contributed by atoms with van der Waals surface area (Å²) in [4.78, 5) is 17.6. The molecule has 0 spiro atoms. The molecule has 192 valence electrons. The largest absolute Gasteiger partial charge is 0.293 e. The third-order valence-corrected chi connectivity index (χ3v) is 7.50. The van der Waals surface area contributed by atoms with E-state index in [1.807, 2.05) is 4.52 Å². The molecule has 0 atom stereocenters. The predicted molar refractivity (Wildman–Crippen MR) is 149 cm³/mol. The molecule has 0 unspecified atom stereocenters. The van der Waals surface area contributed by atoms with E-state index in [0.29, 0.717) is 12.4 Å². The third kappa shape index (κ3) is 9.75. The van der Waals surface area contributed by atoms with Gasteiger partial charge in [-0.1, -0.05) is 127 Å². The second kappa shape index (κ2) is 15.7. The molecule has 5 nitrogen and oxygen atoms in total. The van der Waals surface area contributed by atoms with Gasteiger partial charge in [-0.05, 0) is 13.3 Å². The van der Waals surface area contributed by atoms with E-state index >= 15 is 0 Å². The van der Waals surface area contributed by atoms with E-state index < -0.39 is 0 Å². The fourth-order valence-electron chi connectivity index (χ4n) is 4.50. The Labute approximate surface area is 215 Å². The number of thiazole rings is 1. The molecule has 3 aromatic rings. The van der Waals surface area contributed by atoms with Gasteiger partial charge in [-0.15, -0.1) is 16.4 Å². The zero-order chi connectivity index (χ0) is 24.7. The van der Waals surface area contributed by atoms with Crippen LogP contribution >= 0.6 is 11.3 Å². The highest BCUT2D eigenvalue weighted by Gasteiger charge is 2.13. The number of aryl methyl sites for hydroxylation is 1. The van der Waals surface area contributed by atoms with Gasteiger partial charge in [0.1, 0.15) is 0 Å². The van der Waals surface area contributed by atoms with Crippen LogP contribution in [0.1, 0.15) is 115 Å². The van der Waals surface area contributed by atoms with Gasteiger partial charge in [-0.25, -0.2) is 4.52 Å². The molecule has 35 heavy (non-hydrogen) atoms. The lowest BCUT2D eigenvalue weighted by molar-refractivity contribution is -0.116. The Bertz CT molecular complexity index is 992. The summed E-state index contributed by atoms with van der Waals surface area (Å²) in [5, 5.41) is 9.45. The molecule has 2 heterocycles. The van der Waals surface area contributed by atoms with Gasteiger partial charge >= 0.3 is 0 Å². The molecule has 2 aromatic heterocycles. The smallest absolute Gasteiger partial charge is 0.250 e. The van der Waals surface area contributed by atoms with E-state index in [-0.39, 0.29) is 5.91 Å². The molecule has 0 aliphatic rings. The Morgan fingerprint density at radius 1 is 0.829 bits per heavy atom.